The van der Waals surface area contributed by atoms with Gasteiger partial charge in [-0.05, 0) is 49.4 Å². The number of rotatable bonds is 6. The molecule has 23 heavy (non-hydrogen) atoms. The Balaban J connectivity index is 1.56. The van der Waals surface area contributed by atoms with Gasteiger partial charge in [0.1, 0.15) is 5.82 Å². The molecule has 2 aromatic rings. The third-order valence-electron chi connectivity index (χ3n) is 4.13. The number of H-pyrrole nitrogens is 1. The van der Waals surface area contributed by atoms with E-state index in [1.54, 1.807) is 12.3 Å². The number of halogens is 1. The number of nitrogens with one attached hydrogen (secondary N) is 2. The van der Waals surface area contributed by atoms with Gasteiger partial charge in [0.15, 0.2) is 0 Å². The Kier molecular flexibility index (Phi) is 4.99. The minimum Gasteiger partial charge on any atom is -0.377 e. The summed E-state index contributed by atoms with van der Waals surface area (Å²) in [5.41, 5.74) is 1.75. The van der Waals surface area contributed by atoms with Gasteiger partial charge in [-0.15, -0.1) is 0 Å². The molecule has 0 saturated carbocycles. The average molecular weight is 340 g/mol. The molecule has 1 aromatic heterocycles. The van der Waals surface area contributed by atoms with Crippen LogP contribution >= 0.6 is 0 Å². The standard InChI is InChI=1S/C16H21FN2O3S/c17-13-4-5-16-15(9-13)12(10-18-16)6-7-19-23(20,21)11-14-3-1-2-8-22-14/h4-5,9-10,14,18-19H,1-3,6-8,11H2/t14-/m1/s1. The van der Waals surface area contributed by atoms with Crippen LogP contribution < -0.4 is 4.72 Å². The zero-order valence-electron chi connectivity index (χ0n) is 12.8. The first-order chi connectivity index (χ1) is 11.0. The number of fused-ring (bicyclic) bond motifs is 1. The number of hydrogen-bond donors (Lipinski definition) is 2. The normalized spacial score (nSPS) is 19.3. The maximum atomic E-state index is 13.3. The Morgan fingerprint density at radius 3 is 3.00 bits per heavy atom. The topological polar surface area (TPSA) is 71.2 Å². The van der Waals surface area contributed by atoms with Gasteiger partial charge in [0.2, 0.25) is 10.0 Å². The van der Waals surface area contributed by atoms with Crippen LogP contribution in [0, 0.1) is 5.82 Å². The van der Waals surface area contributed by atoms with E-state index < -0.39 is 10.0 Å². The number of ether oxygens (including phenoxy) is 1. The van der Waals surface area contributed by atoms with Crippen molar-refractivity contribution < 1.29 is 17.5 Å². The molecule has 1 atom stereocenters. The molecule has 0 unspecified atom stereocenters. The molecule has 0 spiro atoms. The molecule has 1 aliphatic heterocycles. The van der Waals surface area contributed by atoms with E-state index in [0.717, 1.165) is 35.7 Å². The maximum Gasteiger partial charge on any atom is 0.214 e. The van der Waals surface area contributed by atoms with E-state index >= 15 is 0 Å². The monoisotopic (exact) mass is 340 g/mol. The molecule has 7 heteroatoms. The summed E-state index contributed by atoms with van der Waals surface area (Å²) in [6.07, 6.45) is 4.91. The van der Waals surface area contributed by atoms with Crippen LogP contribution in [0.1, 0.15) is 24.8 Å². The summed E-state index contributed by atoms with van der Waals surface area (Å²) >= 11 is 0. The molecule has 5 nitrogen and oxygen atoms in total. The lowest BCUT2D eigenvalue weighted by Crippen LogP contribution is -2.35. The molecule has 3 rings (SSSR count). The van der Waals surface area contributed by atoms with Crippen molar-refractivity contribution in [1.29, 1.82) is 0 Å². The predicted molar refractivity (Wildman–Crippen MR) is 87.3 cm³/mol. The number of hydrogen-bond acceptors (Lipinski definition) is 3. The van der Waals surface area contributed by atoms with E-state index in [1.165, 1.54) is 12.1 Å². The fraction of sp³-hybridized carbons (Fsp3) is 0.500. The number of aromatic nitrogens is 1. The highest BCUT2D eigenvalue weighted by Gasteiger charge is 2.21. The van der Waals surface area contributed by atoms with Crippen LogP contribution in [0.2, 0.25) is 0 Å². The second-order valence-electron chi connectivity index (χ2n) is 5.92. The molecule has 2 heterocycles. The molecule has 0 radical (unpaired) electrons. The molecule has 1 aliphatic rings. The average Bonchev–Trinajstić information content (AvgIpc) is 2.90. The van der Waals surface area contributed by atoms with Gasteiger partial charge in [-0.2, -0.15) is 0 Å². The molecular weight excluding hydrogens is 319 g/mol. The van der Waals surface area contributed by atoms with Crippen molar-refractivity contribution >= 4 is 20.9 Å². The van der Waals surface area contributed by atoms with Crippen LogP contribution in [0.5, 0.6) is 0 Å². The smallest absolute Gasteiger partial charge is 0.214 e. The Labute approximate surface area is 135 Å². The van der Waals surface area contributed by atoms with E-state index in [1.807, 2.05) is 0 Å². The summed E-state index contributed by atoms with van der Waals surface area (Å²) in [6.45, 7) is 0.930. The van der Waals surface area contributed by atoms with Gasteiger partial charge in [0.25, 0.3) is 0 Å². The van der Waals surface area contributed by atoms with Crippen molar-refractivity contribution in [2.45, 2.75) is 31.8 Å². The van der Waals surface area contributed by atoms with E-state index in [0.29, 0.717) is 19.6 Å². The first-order valence-electron chi connectivity index (χ1n) is 7.88. The molecule has 0 amide bonds. The minimum absolute atomic E-state index is 0.00944. The van der Waals surface area contributed by atoms with Gasteiger partial charge in [0, 0.05) is 30.3 Å². The lowest BCUT2D eigenvalue weighted by molar-refractivity contribution is 0.0304. The van der Waals surface area contributed by atoms with Gasteiger partial charge in [-0.1, -0.05) is 0 Å². The molecule has 2 N–H and O–H groups in total. The maximum absolute atomic E-state index is 13.3. The summed E-state index contributed by atoms with van der Waals surface area (Å²) in [5, 5.41) is 0.791. The second kappa shape index (κ2) is 6.98. The third kappa shape index (κ3) is 4.31. The molecule has 0 bridgehead atoms. The first kappa shape index (κ1) is 16.4. The van der Waals surface area contributed by atoms with Crippen molar-refractivity contribution in [2.24, 2.45) is 0 Å². The molecule has 1 aromatic carbocycles. The highest BCUT2D eigenvalue weighted by atomic mass is 32.2. The van der Waals surface area contributed by atoms with Crippen molar-refractivity contribution in [3.8, 4) is 0 Å². The van der Waals surface area contributed by atoms with E-state index in [9.17, 15) is 12.8 Å². The second-order valence-corrected chi connectivity index (χ2v) is 7.77. The Morgan fingerprint density at radius 1 is 1.35 bits per heavy atom. The van der Waals surface area contributed by atoms with Crippen LogP contribution in [0.15, 0.2) is 24.4 Å². The summed E-state index contributed by atoms with van der Waals surface area (Å²) in [5.74, 6) is -0.288. The summed E-state index contributed by atoms with van der Waals surface area (Å²) in [4.78, 5) is 3.06. The van der Waals surface area contributed by atoms with E-state index in [-0.39, 0.29) is 17.7 Å². The van der Waals surface area contributed by atoms with E-state index in [4.69, 9.17) is 4.74 Å². The van der Waals surface area contributed by atoms with Crippen molar-refractivity contribution in [3.05, 3.63) is 35.8 Å². The van der Waals surface area contributed by atoms with Crippen molar-refractivity contribution in [2.75, 3.05) is 18.9 Å². The summed E-state index contributed by atoms with van der Waals surface area (Å²) in [6, 6.07) is 4.54. The van der Waals surface area contributed by atoms with Gasteiger partial charge in [-0.25, -0.2) is 17.5 Å². The van der Waals surface area contributed by atoms with Gasteiger partial charge < -0.3 is 9.72 Å². The Bertz CT molecular complexity index is 767. The first-order valence-corrected chi connectivity index (χ1v) is 9.53. The fourth-order valence-corrected chi connectivity index (χ4v) is 4.22. The molecular formula is C16H21FN2O3S. The highest BCUT2D eigenvalue weighted by molar-refractivity contribution is 7.89. The van der Waals surface area contributed by atoms with Crippen LogP contribution in [0.3, 0.4) is 0 Å². The zero-order chi connectivity index (χ0) is 16.3. The molecule has 126 valence electrons. The van der Waals surface area contributed by atoms with E-state index in [2.05, 4.69) is 9.71 Å². The number of sulfonamides is 1. The molecule has 0 aliphatic carbocycles. The summed E-state index contributed by atoms with van der Waals surface area (Å²) < 4.78 is 45.6. The van der Waals surface area contributed by atoms with Gasteiger partial charge in [-0.3, -0.25) is 0 Å². The zero-order valence-corrected chi connectivity index (χ0v) is 13.7. The summed E-state index contributed by atoms with van der Waals surface area (Å²) in [7, 11) is -3.36. The predicted octanol–water partition coefficient (Wildman–Crippen LogP) is 2.34. The lowest BCUT2D eigenvalue weighted by atomic mass is 10.1. The quantitative estimate of drug-likeness (QED) is 0.848. The van der Waals surface area contributed by atoms with Crippen molar-refractivity contribution in [1.82, 2.24) is 9.71 Å². The van der Waals surface area contributed by atoms with Crippen LogP contribution in [-0.4, -0.2) is 38.4 Å². The lowest BCUT2D eigenvalue weighted by Gasteiger charge is -2.22. The van der Waals surface area contributed by atoms with Crippen LogP contribution in [0.4, 0.5) is 4.39 Å². The largest absolute Gasteiger partial charge is 0.377 e. The van der Waals surface area contributed by atoms with Gasteiger partial charge >= 0.3 is 0 Å². The molecule has 1 saturated heterocycles. The van der Waals surface area contributed by atoms with Crippen LogP contribution in [0.25, 0.3) is 10.9 Å². The van der Waals surface area contributed by atoms with Crippen LogP contribution in [-0.2, 0) is 21.2 Å². The molecule has 1 fully saturated rings. The Hall–Kier alpha value is -1.44. The minimum atomic E-state index is -3.36. The third-order valence-corrected chi connectivity index (χ3v) is 5.58. The van der Waals surface area contributed by atoms with Crippen molar-refractivity contribution in [3.63, 3.8) is 0 Å². The SMILES string of the molecule is O=S(=O)(C[C@H]1CCCCO1)NCCc1c[nH]c2ccc(F)cc12. The van der Waals surface area contributed by atoms with Gasteiger partial charge in [0.05, 0.1) is 11.9 Å². The number of benzene rings is 1. The Morgan fingerprint density at radius 2 is 2.22 bits per heavy atom. The number of aromatic amines is 1. The fourth-order valence-electron chi connectivity index (χ4n) is 2.94. The highest BCUT2D eigenvalue weighted by Crippen LogP contribution is 2.19.